The van der Waals surface area contributed by atoms with Gasteiger partial charge >= 0.3 is 0 Å². The molecule has 1 atom stereocenters. The maximum absolute atomic E-state index is 4.89. The quantitative estimate of drug-likeness (QED) is 0.483. The van der Waals surface area contributed by atoms with Crippen molar-refractivity contribution in [2.45, 2.75) is 6.23 Å². The van der Waals surface area contributed by atoms with Gasteiger partial charge in [0.2, 0.25) is 0 Å². The zero-order valence-electron chi connectivity index (χ0n) is 3.92. The Morgan fingerprint density at radius 3 is 3.00 bits per heavy atom. The van der Waals surface area contributed by atoms with Crippen molar-refractivity contribution in [3.8, 4) is 0 Å². The Morgan fingerprint density at radius 2 is 2.71 bits per heavy atom. The van der Waals surface area contributed by atoms with E-state index in [1.165, 1.54) is 0 Å². The average Bonchev–Trinajstić information content (AvgIpc) is 2.14. The van der Waals surface area contributed by atoms with Crippen molar-refractivity contribution in [1.82, 2.24) is 5.32 Å². The summed E-state index contributed by atoms with van der Waals surface area (Å²) in [6.07, 6.45) is 5.04. The van der Waals surface area contributed by atoms with E-state index >= 15 is 0 Å². The van der Waals surface area contributed by atoms with Crippen molar-refractivity contribution in [3.63, 3.8) is 0 Å². The maximum atomic E-state index is 4.89. The molecule has 2 nitrogen and oxygen atoms in total. The molecule has 0 aliphatic carbocycles. The minimum absolute atomic E-state index is 0.000000000000000222. The molecule has 1 heterocycles. The summed E-state index contributed by atoms with van der Waals surface area (Å²) in [5.74, 6) is 0. The predicted molar refractivity (Wildman–Crippen MR) is 27.3 cm³/mol. The minimum atomic E-state index is -0.000000000000000222. The molecule has 0 spiro atoms. The van der Waals surface area contributed by atoms with Crippen molar-refractivity contribution >= 4 is 0 Å². The molecule has 1 aliphatic heterocycles. The van der Waals surface area contributed by atoms with Crippen LogP contribution in [0, 0.1) is 0 Å². The van der Waals surface area contributed by atoms with Gasteiger partial charge in [-0.25, -0.2) is 0 Å². The number of nitrogens with one attached hydrogen (secondary N) is 1. The zero-order valence-corrected chi connectivity index (χ0v) is 3.92. The molecule has 0 saturated heterocycles. The van der Waals surface area contributed by atoms with Crippen LogP contribution in [-0.2, 0) is 4.74 Å². The van der Waals surface area contributed by atoms with E-state index in [1.807, 2.05) is 0 Å². The fourth-order valence-electron chi connectivity index (χ4n) is 0.421. The minimum Gasteiger partial charge on any atom is -0.473 e. The Kier molecular flexibility index (Phi) is 1.02. The molecule has 0 radical (unpaired) electrons. The summed E-state index contributed by atoms with van der Waals surface area (Å²) >= 11 is 0. The third kappa shape index (κ3) is 0.738. The molecule has 0 aromatic heterocycles. The summed E-state index contributed by atoms with van der Waals surface area (Å²) in [7, 11) is 0. The van der Waals surface area contributed by atoms with Gasteiger partial charge in [0.05, 0.1) is 0 Å². The zero-order chi connectivity index (χ0) is 5.11. The van der Waals surface area contributed by atoms with Crippen molar-refractivity contribution < 1.29 is 4.74 Å². The molecule has 2 heteroatoms. The maximum Gasteiger partial charge on any atom is 0.188 e. The van der Waals surface area contributed by atoms with Crippen LogP contribution in [0.2, 0.25) is 0 Å². The molecule has 1 unspecified atom stereocenters. The summed E-state index contributed by atoms with van der Waals surface area (Å²) < 4.78 is 4.89. The summed E-state index contributed by atoms with van der Waals surface area (Å²) in [5.41, 5.74) is 0. The second kappa shape index (κ2) is 1.69. The van der Waals surface area contributed by atoms with E-state index in [2.05, 4.69) is 11.9 Å². The molecule has 0 bridgehead atoms. The highest BCUT2D eigenvalue weighted by Gasteiger charge is 2.00. The van der Waals surface area contributed by atoms with E-state index in [4.69, 9.17) is 4.74 Å². The van der Waals surface area contributed by atoms with Gasteiger partial charge in [-0.05, 0) is 6.08 Å². The van der Waals surface area contributed by atoms with Gasteiger partial charge in [-0.1, -0.05) is 6.58 Å². The Morgan fingerprint density at radius 1 is 1.86 bits per heavy atom. The Balaban J connectivity index is 2.35. The van der Waals surface area contributed by atoms with Gasteiger partial charge < -0.3 is 10.1 Å². The van der Waals surface area contributed by atoms with E-state index in [0.717, 1.165) is 0 Å². The van der Waals surface area contributed by atoms with E-state index in [-0.39, 0.29) is 6.23 Å². The van der Waals surface area contributed by atoms with Gasteiger partial charge in [0, 0.05) is 6.20 Å². The standard InChI is InChI=1S/C5H7NO/c1-2-5-6-3-4-7-5/h2-6H,1H2. The lowest BCUT2D eigenvalue weighted by molar-refractivity contribution is 0.197. The fraction of sp³-hybridized carbons (Fsp3) is 0.200. The molecule has 0 amide bonds. The topological polar surface area (TPSA) is 21.3 Å². The molecule has 0 saturated carbocycles. The van der Waals surface area contributed by atoms with Crippen molar-refractivity contribution in [3.05, 3.63) is 25.1 Å². The molecular weight excluding hydrogens is 90.1 g/mol. The van der Waals surface area contributed by atoms with Crippen LogP contribution in [0.1, 0.15) is 0 Å². The SMILES string of the molecule is C=CC1NC=CO1. The first kappa shape index (κ1) is 4.24. The first-order valence-electron chi connectivity index (χ1n) is 2.12. The molecular formula is C5H7NO. The first-order chi connectivity index (χ1) is 3.43. The summed E-state index contributed by atoms with van der Waals surface area (Å²) in [5, 5.41) is 2.89. The largest absolute Gasteiger partial charge is 0.473 e. The lowest BCUT2D eigenvalue weighted by atomic mass is 10.6. The van der Waals surface area contributed by atoms with Crippen LogP contribution in [0.4, 0.5) is 0 Å². The number of hydrogen-bond acceptors (Lipinski definition) is 2. The number of rotatable bonds is 1. The lowest BCUT2D eigenvalue weighted by Gasteiger charge is -2.01. The van der Waals surface area contributed by atoms with Crippen LogP contribution in [0.3, 0.4) is 0 Å². The van der Waals surface area contributed by atoms with Crippen LogP contribution in [-0.4, -0.2) is 6.23 Å². The van der Waals surface area contributed by atoms with Gasteiger partial charge in [-0.2, -0.15) is 0 Å². The smallest absolute Gasteiger partial charge is 0.188 e. The van der Waals surface area contributed by atoms with E-state index in [1.54, 1.807) is 18.5 Å². The summed E-state index contributed by atoms with van der Waals surface area (Å²) in [6.45, 7) is 3.52. The van der Waals surface area contributed by atoms with Crippen molar-refractivity contribution in [1.29, 1.82) is 0 Å². The molecule has 0 fully saturated rings. The highest BCUT2D eigenvalue weighted by molar-refractivity contribution is 4.90. The third-order valence-corrected chi connectivity index (χ3v) is 0.768. The molecule has 1 N–H and O–H groups in total. The van der Waals surface area contributed by atoms with Gasteiger partial charge in [0.25, 0.3) is 0 Å². The molecule has 0 aromatic carbocycles. The molecule has 1 aliphatic rings. The van der Waals surface area contributed by atoms with Crippen LogP contribution in [0.15, 0.2) is 25.1 Å². The second-order valence-electron chi connectivity index (χ2n) is 1.26. The monoisotopic (exact) mass is 97.1 g/mol. The third-order valence-electron chi connectivity index (χ3n) is 0.768. The summed E-state index contributed by atoms with van der Waals surface area (Å²) in [6, 6.07) is 0. The average molecular weight is 97.1 g/mol. The van der Waals surface area contributed by atoms with Gasteiger partial charge in [-0.3, -0.25) is 0 Å². The summed E-state index contributed by atoms with van der Waals surface area (Å²) in [4.78, 5) is 0. The fourth-order valence-corrected chi connectivity index (χ4v) is 0.421. The van der Waals surface area contributed by atoms with E-state index in [0.29, 0.717) is 0 Å². The normalized spacial score (nSPS) is 26.0. The van der Waals surface area contributed by atoms with Crippen LogP contribution < -0.4 is 5.32 Å². The molecule has 38 valence electrons. The predicted octanol–water partition coefficient (Wildman–Crippen LogP) is 0.589. The Labute approximate surface area is 42.5 Å². The molecule has 7 heavy (non-hydrogen) atoms. The number of hydrogen-bond donors (Lipinski definition) is 1. The van der Waals surface area contributed by atoms with Crippen LogP contribution >= 0.6 is 0 Å². The molecule has 1 rings (SSSR count). The highest BCUT2D eigenvalue weighted by Crippen LogP contribution is 1.94. The highest BCUT2D eigenvalue weighted by atomic mass is 16.5. The van der Waals surface area contributed by atoms with E-state index in [9.17, 15) is 0 Å². The number of ether oxygens (including phenoxy) is 1. The Bertz CT molecular complexity index is 90.3. The van der Waals surface area contributed by atoms with E-state index < -0.39 is 0 Å². The van der Waals surface area contributed by atoms with Gasteiger partial charge in [0.1, 0.15) is 6.26 Å². The Hall–Kier alpha value is -0.920. The van der Waals surface area contributed by atoms with Crippen LogP contribution in [0.5, 0.6) is 0 Å². The van der Waals surface area contributed by atoms with Gasteiger partial charge in [0.15, 0.2) is 6.23 Å². The molecule has 0 aromatic rings. The van der Waals surface area contributed by atoms with Crippen molar-refractivity contribution in [2.75, 3.05) is 0 Å². The van der Waals surface area contributed by atoms with Crippen LogP contribution in [0.25, 0.3) is 0 Å². The van der Waals surface area contributed by atoms with Crippen molar-refractivity contribution in [2.24, 2.45) is 0 Å². The lowest BCUT2D eigenvalue weighted by Crippen LogP contribution is -2.16. The first-order valence-corrected chi connectivity index (χ1v) is 2.12. The second-order valence-corrected chi connectivity index (χ2v) is 1.26. The van der Waals surface area contributed by atoms with Gasteiger partial charge in [-0.15, -0.1) is 0 Å².